The highest BCUT2D eigenvalue weighted by Crippen LogP contribution is 2.11. The number of carbonyl (C=O) groups is 2. The lowest BCUT2D eigenvalue weighted by Gasteiger charge is -2.07. The van der Waals surface area contributed by atoms with E-state index in [1.54, 1.807) is 19.9 Å². The lowest BCUT2D eigenvalue weighted by molar-refractivity contribution is -0.140. The second-order valence-electron chi connectivity index (χ2n) is 3.08. The standard InChI is InChI=1S/C10H11NO3/c1-6-5-10(13)7(2)4-9(6)11-14-8(3)12/h4-5H,1-3H3. The molecule has 0 fully saturated rings. The third-order valence-corrected chi connectivity index (χ3v) is 1.77. The predicted octanol–water partition coefficient (Wildman–Crippen LogP) is 1.38. The maximum absolute atomic E-state index is 11.2. The second kappa shape index (κ2) is 4.00. The third kappa shape index (κ3) is 2.39. The highest BCUT2D eigenvalue weighted by atomic mass is 16.7. The molecule has 1 rings (SSSR count). The van der Waals surface area contributed by atoms with Crippen LogP contribution in [0.2, 0.25) is 0 Å². The van der Waals surface area contributed by atoms with E-state index in [0.717, 1.165) is 0 Å². The molecule has 0 aromatic heterocycles. The first kappa shape index (κ1) is 10.4. The average molecular weight is 193 g/mol. The molecular weight excluding hydrogens is 182 g/mol. The van der Waals surface area contributed by atoms with E-state index >= 15 is 0 Å². The third-order valence-electron chi connectivity index (χ3n) is 1.77. The minimum Gasteiger partial charge on any atom is -0.318 e. The Labute approximate surface area is 81.9 Å². The maximum Gasteiger partial charge on any atom is 0.332 e. The molecule has 4 heteroatoms. The molecular formula is C10H11NO3. The number of hydrogen-bond donors (Lipinski definition) is 0. The van der Waals surface area contributed by atoms with Crippen molar-refractivity contribution in [2.45, 2.75) is 20.8 Å². The van der Waals surface area contributed by atoms with Crippen molar-refractivity contribution in [1.29, 1.82) is 0 Å². The van der Waals surface area contributed by atoms with Gasteiger partial charge in [-0.3, -0.25) is 4.79 Å². The number of ketones is 1. The van der Waals surface area contributed by atoms with E-state index in [-0.39, 0.29) is 5.78 Å². The van der Waals surface area contributed by atoms with E-state index < -0.39 is 5.97 Å². The van der Waals surface area contributed by atoms with E-state index in [2.05, 4.69) is 9.99 Å². The van der Waals surface area contributed by atoms with Gasteiger partial charge in [0.2, 0.25) is 0 Å². The quantitative estimate of drug-likeness (QED) is 0.359. The summed E-state index contributed by atoms with van der Waals surface area (Å²) in [5.41, 5.74) is 1.79. The minimum absolute atomic E-state index is 0.0377. The Morgan fingerprint density at radius 1 is 1.29 bits per heavy atom. The molecule has 14 heavy (non-hydrogen) atoms. The van der Waals surface area contributed by atoms with Gasteiger partial charge in [0.05, 0.1) is 0 Å². The highest BCUT2D eigenvalue weighted by molar-refractivity contribution is 6.21. The molecule has 74 valence electrons. The number of allylic oxidation sites excluding steroid dienone is 4. The smallest absolute Gasteiger partial charge is 0.318 e. The van der Waals surface area contributed by atoms with Crippen molar-refractivity contribution < 1.29 is 14.4 Å². The second-order valence-corrected chi connectivity index (χ2v) is 3.08. The summed E-state index contributed by atoms with van der Waals surface area (Å²) < 4.78 is 0. The summed E-state index contributed by atoms with van der Waals surface area (Å²) in [6, 6.07) is 0. The number of carbonyl (C=O) groups excluding carboxylic acids is 2. The van der Waals surface area contributed by atoms with Gasteiger partial charge in [-0.25, -0.2) is 4.79 Å². The first-order chi connectivity index (χ1) is 6.50. The summed E-state index contributed by atoms with van der Waals surface area (Å²) in [7, 11) is 0. The fourth-order valence-corrected chi connectivity index (χ4v) is 0.986. The van der Waals surface area contributed by atoms with Gasteiger partial charge in [0.15, 0.2) is 5.78 Å². The lowest BCUT2D eigenvalue weighted by atomic mass is 9.99. The molecule has 0 bridgehead atoms. The number of rotatable bonds is 1. The normalized spacial score (nSPS) is 19.1. The van der Waals surface area contributed by atoms with Crippen LogP contribution in [-0.4, -0.2) is 17.5 Å². The van der Waals surface area contributed by atoms with E-state index in [4.69, 9.17) is 0 Å². The highest BCUT2D eigenvalue weighted by Gasteiger charge is 2.13. The Balaban J connectivity index is 2.90. The van der Waals surface area contributed by atoms with Gasteiger partial charge in [-0.1, -0.05) is 5.16 Å². The zero-order valence-corrected chi connectivity index (χ0v) is 8.33. The van der Waals surface area contributed by atoms with Crippen molar-refractivity contribution in [3.8, 4) is 0 Å². The Morgan fingerprint density at radius 3 is 2.50 bits per heavy atom. The van der Waals surface area contributed by atoms with Crippen molar-refractivity contribution in [2.75, 3.05) is 0 Å². The molecule has 0 aromatic rings. The molecule has 0 saturated heterocycles. The van der Waals surface area contributed by atoms with Gasteiger partial charge < -0.3 is 4.84 Å². The molecule has 4 nitrogen and oxygen atoms in total. The lowest BCUT2D eigenvalue weighted by Crippen LogP contribution is -2.11. The average Bonchev–Trinajstić information content (AvgIpc) is 2.09. The van der Waals surface area contributed by atoms with Crippen LogP contribution in [0.5, 0.6) is 0 Å². The van der Waals surface area contributed by atoms with Crippen LogP contribution in [0.4, 0.5) is 0 Å². The predicted molar refractivity (Wildman–Crippen MR) is 51.7 cm³/mol. The van der Waals surface area contributed by atoms with Gasteiger partial charge in [-0.05, 0) is 37.1 Å². The summed E-state index contributed by atoms with van der Waals surface area (Å²) in [5.74, 6) is -0.516. The molecule has 0 unspecified atom stereocenters. The van der Waals surface area contributed by atoms with Crippen molar-refractivity contribution in [1.82, 2.24) is 0 Å². The van der Waals surface area contributed by atoms with Crippen LogP contribution in [0, 0.1) is 0 Å². The van der Waals surface area contributed by atoms with Crippen molar-refractivity contribution in [2.24, 2.45) is 5.16 Å². The molecule has 0 aromatic carbocycles. The Morgan fingerprint density at radius 2 is 1.93 bits per heavy atom. The molecule has 0 spiro atoms. The zero-order chi connectivity index (χ0) is 10.7. The Hall–Kier alpha value is -1.71. The van der Waals surface area contributed by atoms with E-state index in [0.29, 0.717) is 16.9 Å². The summed E-state index contributed by atoms with van der Waals surface area (Å²) in [5, 5.41) is 3.62. The van der Waals surface area contributed by atoms with Crippen LogP contribution in [0.3, 0.4) is 0 Å². The Bertz CT molecular complexity index is 375. The fraction of sp³-hybridized carbons (Fsp3) is 0.300. The summed E-state index contributed by atoms with van der Waals surface area (Å²) in [4.78, 5) is 26.2. The van der Waals surface area contributed by atoms with Crippen LogP contribution in [0.25, 0.3) is 0 Å². The zero-order valence-electron chi connectivity index (χ0n) is 8.33. The first-order valence-corrected chi connectivity index (χ1v) is 4.17. The monoisotopic (exact) mass is 193 g/mol. The van der Waals surface area contributed by atoms with Crippen molar-refractivity contribution in [3.63, 3.8) is 0 Å². The minimum atomic E-state index is -0.478. The molecule has 1 aliphatic carbocycles. The van der Waals surface area contributed by atoms with Crippen LogP contribution in [0.1, 0.15) is 20.8 Å². The van der Waals surface area contributed by atoms with Gasteiger partial charge in [-0.2, -0.15) is 0 Å². The van der Waals surface area contributed by atoms with Crippen LogP contribution < -0.4 is 0 Å². The van der Waals surface area contributed by atoms with Crippen molar-refractivity contribution >= 4 is 17.5 Å². The van der Waals surface area contributed by atoms with Gasteiger partial charge in [0.25, 0.3) is 0 Å². The molecule has 0 atom stereocenters. The van der Waals surface area contributed by atoms with E-state index in [9.17, 15) is 9.59 Å². The fourth-order valence-electron chi connectivity index (χ4n) is 0.986. The van der Waals surface area contributed by atoms with Gasteiger partial charge in [-0.15, -0.1) is 0 Å². The maximum atomic E-state index is 11.2. The molecule has 1 aliphatic rings. The van der Waals surface area contributed by atoms with Crippen LogP contribution in [0.15, 0.2) is 28.5 Å². The summed E-state index contributed by atoms with van der Waals surface area (Å²) in [6.45, 7) is 4.70. The number of nitrogens with zero attached hydrogens (tertiary/aromatic N) is 1. The van der Waals surface area contributed by atoms with Crippen molar-refractivity contribution in [3.05, 3.63) is 23.3 Å². The molecule has 0 radical (unpaired) electrons. The SMILES string of the molecule is CC(=O)ON=C1C=C(C)C(=O)C=C1C. The molecule has 0 saturated carbocycles. The number of hydrogen-bond acceptors (Lipinski definition) is 4. The van der Waals surface area contributed by atoms with Gasteiger partial charge in [0, 0.05) is 6.92 Å². The molecule has 0 aliphatic heterocycles. The summed E-state index contributed by atoms with van der Waals surface area (Å²) in [6.07, 6.45) is 3.07. The summed E-state index contributed by atoms with van der Waals surface area (Å²) >= 11 is 0. The topological polar surface area (TPSA) is 55.7 Å². The van der Waals surface area contributed by atoms with E-state index in [1.165, 1.54) is 13.0 Å². The Kier molecular flexibility index (Phi) is 2.96. The molecule has 0 heterocycles. The molecule has 0 N–H and O–H groups in total. The first-order valence-electron chi connectivity index (χ1n) is 4.17. The largest absolute Gasteiger partial charge is 0.332 e. The molecule has 0 amide bonds. The van der Waals surface area contributed by atoms with Crippen LogP contribution in [-0.2, 0) is 14.4 Å². The van der Waals surface area contributed by atoms with E-state index in [1.807, 2.05) is 0 Å². The van der Waals surface area contributed by atoms with Gasteiger partial charge in [0.1, 0.15) is 5.71 Å². The number of oxime groups is 1. The van der Waals surface area contributed by atoms with Crippen LogP contribution >= 0.6 is 0 Å². The van der Waals surface area contributed by atoms with Gasteiger partial charge >= 0.3 is 5.97 Å².